The molecule has 21 heavy (non-hydrogen) atoms. The van der Waals surface area contributed by atoms with Gasteiger partial charge in [-0.3, -0.25) is 4.79 Å². The molecule has 0 radical (unpaired) electrons. The molecule has 1 aromatic heterocycles. The Morgan fingerprint density at radius 1 is 1.43 bits per heavy atom. The van der Waals surface area contributed by atoms with E-state index in [4.69, 9.17) is 11.6 Å². The number of hydrogen-bond donors (Lipinski definition) is 2. The highest BCUT2D eigenvalue weighted by Crippen LogP contribution is 2.23. The van der Waals surface area contributed by atoms with Gasteiger partial charge in [0.05, 0.1) is 17.9 Å². The van der Waals surface area contributed by atoms with Crippen LogP contribution in [-0.2, 0) is 21.1 Å². The van der Waals surface area contributed by atoms with Crippen molar-refractivity contribution in [2.45, 2.75) is 18.9 Å². The first-order valence-corrected chi connectivity index (χ1v) is 8.88. The van der Waals surface area contributed by atoms with Crippen molar-refractivity contribution in [2.75, 3.05) is 11.5 Å². The number of H-pyrrole nitrogens is 1. The van der Waals surface area contributed by atoms with Gasteiger partial charge in [0.15, 0.2) is 9.84 Å². The van der Waals surface area contributed by atoms with E-state index in [1.54, 1.807) is 12.3 Å². The van der Waals surface area contributed by atoms with E-state index in [1.165, 1.54) is 0 Å². The fraction of sp³-hybridized carbons (Fsp3) is 0.357. The summed E-state index contributed by atoms with van der Waals surface area (Å²) in [4.78, 5) is 15.1. The molecule has 0 spiro atoms. The molecule has 0 bridgehead atoms. The number of benzene rings is 1. The Labute approximate surface area is 127 Å². The molecule has 1 aliphatic rings. The van der Waals surface area contributed by atoms with E-state index in [9.17, 15) is 13.2 Å². The molecule has 1 aromatic carbocycles. The molecular formula is C14H15ClN2O3S. The van der Waals surface area contributed by atoms with Crippen molar-refractivity contribution in [3.63, 3.8) is 0 Å². The summed E-state index contributed by atoms with van der Waals surface area (Å²) in [6, 6.07) is 5.20. The predicted molar refractivity (Wildman–Crippen MR) is 82.2 cm³/mol. The van der Waals surface area contributed by atoms with Crippen molar-refractivity contribution in [1.82, 2.24) is 10.3 Å². The highest BCUT2D eigenvalue weighted by Gasteiger charge is 2.28. The highest BCUT2D eigenvalue weighted by atomic mass is 35.5. The van der Waals surface area contributed by atoms with Crippen LogP contribution in [0.2, 0.25) is 5.02 Å². The standard InChI is InChI=1S/C14H15ClN2O3S/c15-10-1-2-13-12(6-10)9(7-16-13)5-14(18)17-11-3-4-21(19,20)8-11/h1-2,6-7,11,16H,3-5,8H2,(H,17,18). The third kappa shape index (κ3) is 3.22. The molecule has 1 unspecified atom stereocenters. The summed E-state index contributed by atoms with van der Waals surface area (Å²) in [7, 11) is -2.98. The lowest BCUT2D eigenvalue weighted by molar-refractivity contribution is -0.120. The van der Waals surface area contributed by atoms with E-state index >= 15 is 0 Å². The molecule has 0 aliphatic carbocycles. The van der Waals surface area contributed by atoms with Gasteiger partial charge in [-0.2, -0.15) is 0 Å². The van der Waals surface area contributed by atoms with Crippen LogP contribution in [0.3, 0.4) is 0 Å². The van der Waals surface area contributed by atoms with Gasteiger partial charge in [0, 0.05) is 28.2 Å². The van der Waals surface area contributed by atoms with Gasteiger partial charge in [0.25, 0.3) is 0 Å². The minimum absolute atomic E-state index is 0.0401. The van der Waals surface area contributed by atoms with Crippen LogP contribution in [0, 0.1) is 0 Å². The number of aromatic nitrogens is 1. The van der Waals surface area contributed by atoms with Crippen LogP contribution in [0.25, 0.3) is 10.9 Å². The largest absolute Gasteiger partial charge is 0.361 e. The Morgan fingerprint density at radius 2 is 2.24 bits per heavy atom. The van der Waals surface area contributed by atoms with E-state index in [0.29, 0.717) is 11.4 Å². The van der Waals surface area contributed by atoms with Gasteiger partial charge in [-0.25, -0.2) is 8.42 Å². The summed E-state index contributed by atoms with van der Waals surface area (Å²) in [5.74, 6) is 0.0250. The number of fused-ring (bicyclic) bond motifs is 1. The third-order valence-electron chi connectivity index (χ3n) is 3.68. The molecule has 2 N–H and O–H groups in total. The molecule has 1 aliphatic heterocycles. The molecule has 0 saturated carbocycles. The van der Waals surface area contributed by atoms with Crippen molar-refractivity contribution in [2.24, 2.45) is 0 Å². The monoisotopic (exact) mass is 326 g/mol. The fourth-order valence-corrected chi connectivity index (χ4v) is 4.50. The Bertz CT molecular complexity index is 798. The number of halogens is 1. The van der Waals surface area contributed by atoms with Gasteiger partial charge in [-0.15, -0.1) is 0 Å². The normalized spacial score (nSPS) is 20.7. The summed E-state index contributed by atoms with van der Waals surface area (Å²) in [6.07, 6.45) is 2.48. The molecule has 1 fully saturated rings. The smallest absolute Gasteiger partial charge is 0.224 e. The fourth-order valence-electron chi connectivity index (χ4n) is 2.66. The molecule has 2 heterocycles. The molecule has 112 valence electrons. The van der Waals surface area contributed by atoms with Crippen LogP contribution >= 0.6 is 11.6 Å². The van der Waals surface area contributed by atoms with Crippen LogP contribution < -0.4 is 5.32 Å². The molecule has 7 heteroatoms. The second kappa shape index (κ2) is 5.35. The summed E-state index contributed by atoms with van der Waals surface area (Å²) in [6.45, 7) is 0. The average molecular weight is 327 g/mol. The molecule has 1 saturated heterocycles. The van der Waals surface area contributed by atoms with Gasteiger partial charge >= 0.3 is 0 Å². The van der Waals surface area contributed by atoms with Crippen molar-refractivity contribution < 1.29 is 13.2 Å². The van der Waals surface area contributed by atoms with Crippen LogP contribution in [-0.4, -0.2) is 36.9 Å². The minimum atomic E-state index is -2.98. The highest BCUT2D eigenvalue weighted by molar-refractivity contribution is 7.91. The number of hydrogen-bond acceptors (Lipinski definition) is 3. The number of sulfone groups is 1. The van der Waals surface area contributed by atoms with E-state index < -0.39 is 9.84 Å². The van der Waals surface area contributed by atoms with Gasteiger partial charge in [0.2, 0.25) is 5.91 Å². The molecule has 5 nitrogen and oxygen atoms in total. The van der Waals surface area contributed by atoms with Gasteiger partial charge in [-0.05, 0) is 30.2 Å². The summed E-state index contributed by atoms with van der Waals surface area (Å²) < 4.78 is 22.8. The topological polar surface area (TPSA) is 79.0 Å². The zero-order valence-electron chi connectivity index (χ0n) is 11.2. The van der Waals surface area contributed by atoms with Crippen LogP contribution in [0.4, 0.5) is 0 Å². The van der Waals surface area contributed by atoms with Crippen molar-refractivity contribution in [3.8, 4) is 0 Å². The zero-order chi connectivity index (χ0) is 15.0. The van der Waals surface area contributed by atoms with E-state index in [2.05, 4.69) is 10.3 Å². The summed E-state index contributed by atoms with van der Waals surface area (Å²) in [5.41, 5.74) is 1.77. The lowest BCUT2D eigenvalue weighted by Gasteiger charge is -2.10. The molecule has 1 amide bonds. The first-order valence-electron chi connectivity index (χ1n) is 6.68. The van der Waals surface area contributed by atoms with Crippen molar-refractivity contribution in [1.29, 1.82) is 0 Å². The predicted octanol–water partition coefficient (Wildman–Crippen LogP) is 1.67. The Hall–Kier alpha value is -1.53. The Kier molecular flexibility index (Phi) is 3.67. The van der Waals surface area contributed by atoms with E-state index in [0.717, 1.165) is 16.5 Å². The second-order valence-corrected chi connectivity index (χ2v) is 8.01. The van der Waals surface area contributed by atoms with Gasteiger partial charge in [0.1, 0.15) is 0 Å². The number of rotatable bonds is 3. The maximum Gasteiger partial charge on any atom is 0.224 e. The molecular weight excluding hydrogens is 312 g/mol. The van der Waals surface area contributed by atoms with E-state index in [1.807, 2.05) is 12.1 Å². The SMILES string of the molecule is O=C(Cc1c[nH]c2ccc(Cl)cc12)NC1CCS(=O)(=O)C1. The zero-order valence-corrected chi connectivity index (χ0v) is 12.8. The maximum absolute atomic E-state index is 12.1. The lowest BCUT2D eigenvalue weighted by atomic mass is 10.1. The van der Waals surface area contributed by atoms with Crippen LogP contribution in [0.5, 0.6) is 0 Å². The average Bonchev–Trinajstić information content (AvgIpc) is 2.93. The second-order valence-electron chi connectivity index (χ2n) is 5.35. The Balaban J connectivity index is 1.70. The first-order chi connectivity index (χ1) is 9.93. The Morgan fingerprint density at radius 3 is 2.95 bits per heavy atom. The van der Waals surface area contributed by atoms with E-state index in [-0.39, 0.29) is 29.9 Å². The number of nitrogens with one attached hydrogen (secondary N) is 2. The third-order valence-corrected chi connectivity index (χ3v) is 5.68. The molecule has 2 aromatic rings. The molecule has 3 rings (SSSR count). The first kappa shape index (κ1) is 14.4. The summed E-state index contributed by atoms with van der Waals surface area (Å²) >= 11 is 5.97. The quantitative estimate of drug-likeness (QED) is 0.900. The van der Waals surface area contributed by atoms with Crippen molar-refractivity contribution >= 4 is 38.2 Å². The number of aromatic amines is 1. The van der Waals surface area contributed by atoms with Crippen LogP contribution in [0.1, 0.15) is 12.0 Å². The lowest BCUT2D eigenvalue weighted by Crippen LogP contribution is -2.36. The number of carbonyl (C=O) groups is 1. The van der Waals surface area contributed by atoms with Gasteiger partial charge < -0.3 is 10.3 Å². The maximum atomic E-state index is 12.1. The minimum Gasteiger partial charge on any atom is -0.361 e. The van der Waals surface area contributed by atoms with Crippen LogP contribution in [0.15, 0.2) is 24.4 Å². The van der Waals surface area contributed by atoms with Gasteiger partial charge in [-0.1, -0.05) is 11.6 Å². The number of amides is 1. The number of carbonyl (C=O) groups excluding carboxylic acids is 1. The van der Waals surface area contributed by atoms with Crippen molar-refractivity contribution in [3.05, 3.63) is 35.0 Å². The molecule has 1 atom stereocenters. The summed E-state index contributed by atoms with van der Waals surface area (Å²) in [5, 5.41) is 4.32.